The number of ether oxygens (including phenoxy) is 1. The summed E-state index contributed by atoms with van der Waals surface area (Å²) in [6.07, 6.45) is 1.32. The van der Waals surface area contributed by atoms with Crippen LogP contribution in [0, 0.1) is 30.6 Å². The van der Waals surface area contributed by atoms with Gasteiger partial charge in [-0.3, -0.25) is 0 Å². The van der Waals surface area contributed by atoms with Gasteiger partial charge in [0.15, 0.2) is 0 Å². The fraction of sp³-hybridized carbons (Fsp3) is 0.625. The number of hydrogen-bond donors (Lipinski definition) is 1. The smallest absolute Gasteiger partial charge is 0.134 e. The van der Waals surface area contributed by atoms with E-state index in [1.54, 1.807) is 0 Å². The highest BCUT2D eigenvalue weighted by atomic mass is 16.5. The standard InChI is InChI=1S/C16H19NO2/c1-8-2-4-9(5-3-8)17-7-12-10-6-11-13(12)16(17)19-15(11)14(10)18/h2-5,10-16,18H,6-7H2,1H3/t10-,11-,12-,13+,14-,15+,16-/m1/s1. The van der Waals surface area contributed by atoms with Crippen LogP contribution in [0.15, 0.2) is 24.3 Å². The molecule has 5 rings (SSSR count). The van der Waals surface area contributed by atoms with E-state index in [0.717, 1.165) is 6.54 Å². The lowest BCUT2D eigenvalue weighted by Crippen LogP contribution is -2.40. The molecule has 19 heavy (non-hydrogen) atoms. The maximum atomic E-state index is 10.3. The zero-order valence-electron chi connectivity index (χ0n) is 11.1. The Kier molecular flexibility index (Phi) is 1.88. The quantitative estimate of drug-likeness (QED) is 0.832. The average Bonchev–Trinajstić information content (AvgIpc) is 3.07. The van der Waals surface area contributed by atoms with Crippen molar-refractivity contribution in [3.63, 3.8) is 0 Å². The summed E-state index contributed by atoms with van der Waals surface area (Å²) in [5.41, 5.74) is 2.58. The fourth-order valence-corrected chi connectivity index (χ4v) is 5.21. The summed E-state index contributed by atoms with van der Waals surface area (Å²) in [6, 6.07) is 8.75. The number of aliphatic hydroxyl groups is 1. The number of rotatable bonds is 1. The highest BCUT2D eigenvalue weighted by Crippen LogP contribution is 2.63. The van der Waals surface area contributed by atoms with Gasteiger partial charge in [0.1, 0.15) is 6.23 Å². The molecule has 4 aliphatic rings. The molecule has 0 spiro atoms. The molecule has 7 atom stereocenters. The number of benzene rings is 1. The molecule has 2 aliphatic heterocycles. The van der Waals surface area contributed by atoms with Crippen molar-refractivity contribution in [1.29, 1.82) is 0 Å². The second-order valence-electron chi connectivity index (χ2n) is 6.77. The minimum atomic E-state index is -0.198. The van der Waals surface area contributed by atoms with Crippen LogP contribution < -0.4 is 4.90 Å². The molecule has 0 unspecified atom stereocenters. The normalized spacial score (nSPS) is 49.4. The van der Waals surface area contributed by atoms with Crippen LogP contribution in [0.25, 0.3) is 0 Å². The van der Waals surface area contributed by atoms with Crippen molar-refractivity contribution in [2.45, 2.75) is 31.8 Å². The molecule has 2 bridgehead atoms. The number of hydrogen-bond acceptors (Lipinski definition) is 3. The Hall–Kier alpha value is -1.06. The maximum absolute atomic E-state index is 10.3. The maximum Gasteiger partial charge on any atom is 0.134 e. The van der Waals surface area contributed by atoms with Gasteiger partial charge in [-0.05, 0) is 43.2 Å². The molecular formula is C16H19NO2. The van der Waals surface area contributed by atoms with Crippen molar-refractivity contribution in [1.82, 2.24) is 0 Å². The predicted molar refractivity (Wildman–Crippen MR) is 71.8 cm³/mol. The molecule has 3 nitrogen and oxygen atoms in total. The van der Waals surface area contributed by atoms with E-state index in [1.807, 2.05) is 0 Å². The Morgan fingerprint density at radius 2 is 1.95 bits per heavy atom. The molecule has 1 aromatic carbocycles. The van der Waals surface area contributed by atoms with Gasteiger partial charge in [-0.15, -0.1) is 0 Å². The van der Waals surface area contributed by atoms with Gasteiger partial charge in [-0.2, -0.15) is 0 Å². The van der Waals surface area contributed by atoms with Gasteiger partial charge in [0.2, 0.25) is 0 Å². The molecule has 2 saturated heterocycles. The minimum absolute atomic E-state index is 0.115. The highest BCUT2D eigenvalue weighted by Gasteiger charge is 2.69. The lowest BCUT2D eigenvalue weighted by Gasteiger charge is -2.31. The number of aliphatic hydroxyl groups excluding tert-OH is 1. The molecule has 1 aromatic rings. The summed E-state index contributed by atoms with van der Waals surface area (Å²) < 4.78 is 6.22. The first-order chi connectivity index (χ1) is 9.24. The lowest BCUT2D eigenvalue weighted by atomic mass is 9.80. The Morgan fingerprint density at radius 1 is 1.16 bits per heavy atom. The fourth-order valence-electron chi connectivity index (χ4n) is 5.21. The lowest BCUT2D eigenvalue weighted by molar-refractivity contribution is -0.0444. The molecule has 1 N–H and O–H groups in total. The van der Waals surface area contributed by atoms with Crippen LogP contribution in [0.2, 0.25) is 0 Å². The summed E-state index contributed by atoms with van der Waals surface area (Å²) in [5, 5.41) is 10.3. The largest absolute Gasteiger partial charge is 0.390 e. The Bertz CT molecular complexity index is 528. The third-order valence-corrected chi connectivity index (χ3v) is 5.99. The SMILES string of the molecule is Cc1ccc(N2C[C@@H]3[C@H]4C[C@H]5[C@H](O[C@@H]2[C@H]35)[C@@H]4O)cc1. The molecule has 2 aliphatic carbocycles. The van der Waals surface area contributed by atoms with E-state index in [2.05, 4.69) is 36.1 Å². The van der Waals surface area contributed by atoms with Crippen LogP contribution in [0.4, 0.5) is 5.69 Å². The van der Waals surface area contributed by atoms with Crippen molar-refractivity contribution >= 4 is 5.69 Å². The summed E-state index contributed by atoms with van der Waals surface area (Å²) in [4.78, 5) is 2.43. The molecule has 2 saturated carbocycles. The third-order valence-electron chi connectivity index (χ3n) is 5.99. The molecule has 3 heteroatoms. The van der Waals surface area contributed by atoms with E-state index >= 15 is 0 Å². The van der Waals surface area contributed by atoms with E-state index in [0.29, 0.717) is 23.7 Å². The monoisotopic (exact) mass is 257 g/mol. The zero-order valence-corrected chi connectivity index (χ0v) is 11.1. The van der Waals surface area contributed by atoms with Crippen molar-refractivity contribution < 1.29 is 9.84 Å². The number of aryl methyl sites for hydroxylation is 1. The van der Waals surface area contributed by atoms with Crippen molar-refractivity contribution in [3.05, 3.63) is 29.8 Å². The van der Waals surface area contributed by atoms with Crippen LogP contribution in [0.3, 0.4) is 0 Å². The highest BCUT2D eigenvalue weighted by molar-refractivity contribution is 5.50. The van der Waals surface area contributed by atoms with Crippen LogP contribution in [0.1, 0.15) is 12.0 Å². The van der Waals surface area contributed by atoms with Crippen molar-refractivity contribution in [2.75, 3.05) is 11.4 Å². The minimum Gasteiger partial charge on any atom is -0.390 e. The van der Waals surface area contributed by atoms with Crippen LogP contribution in [0.5, 0.6) is 0 Å². The first-order valence-electron chi connectivity index (χ1n) is 7.41. The summed E-state index contributed by atoms with van der Waals surface area (Å²) in [7, 11) is 0. The average molecular weight is 257 g/mol. The Balaban J connectivity index is 1.52. The second kappa shape index (κ2) is 3.33. The Morgan fingerprint density at radius 3 is 2.74 bits per heavy atom. The van der Waals surface area contributed by atoms with Gasteiger partial charge in [0, 0.05) is 18.2 Å². The first kappa shape index (κ1) is 10.7. The van der Waals surface area contributed by atoms with Gasteiger partial charge in [0.05, 0.1) is 12.2 Å². The van der Waals surface area contributed by atoms with Gasteiger partial charge in [-0.1, -0.05) is 17.7 Å². The molecule has 0 aromatic heterocycles. The van der Waals surface area contributed by atoms with E-state index < -0.39 is 0 Å². The molecule has 2 heterocycles. The van der Waals surface area contributed by atoms with Gasteiger partial charge < -0.3 is 14.7 Å². The zero-order chi connectivity index (χ0) is 12.7. The van der Waals surface area contributed by atoms with Gasteiger partial charge in [-0.25, -0.2) is 0 Å². The summed E-state index contributed by atoms with van der Waals surface area (Å²) in [5.74, 6) is 2.41. The topological polar surface area (TPSA) is 32.7 Å². The summed E-state index contributed by atoms with van der Waals surface area (Å²) >= 11 is 0. The summed E-state index contributed by atoms with van der Waals surface area (Å²) in [6.45, 7) is 3.18. The van der Waals surface area contributed by atoms with Gasteiger partial charge in [0.25, 0.3) is 0 Å². The molecule has 4 fully saturated rings. The molecule has 0 radical (unpaired) electrons. The van der Waals surface area contributed by atoms with Crippen LogP contribution >= 0.6 is 0 Å². The Labute approximate surface area is 113 Å². The first-order valence-corrected chi connectivity index (χ1v) is 7.41. The van der Waals surface area contributed by atoms with E-state index in [4.69, 9.17) is 4.74 Å². The third kappa shape index (κ3) is 1.17. The predicted octanol–water partition coefficient (Wildman–Crippen LogP) is 1.78. The molecule has 0 amide bonds. The van der Waals surface area contributed by atoms with Crippen molar-refractivity contribution in [2.24, 2.45) is 23.7 Å². The van der Waals surface area contributed by atoms with E-state index in [9.17, 15) is 5.11 Å². The van der Waals surface area contributed by atoms with Crippen LogP contribution in [-0.2, 0) is 4.74 Å². The van der Waals surface area contributed by atoms with Gasteiger partial charge >= 0.3 is 0 Å². The number of nitrogens with zero attached hydrogens (tertiary/aromatic N) is 1. The second-order valence-corrected chi connectivity index (χ2v) is 6.77. The van der Waals surface area contributed by atoms with E-state index in [-0.39, 0.29) is 18.4 Å². The number of fused-ring (bicyclic) bond motifs is 2. The van der Waals surface area contributed by atoms with Crippen molar-refractivity contribution in [3.8, 4) is 0 Å². The number of anilines is 1. The van der Waals surface area contributed by atoms with E-state index in [1.165, 1.54) is 17.7 Å². The van der Waals surface area contributed by atoms with Crippen LogP contribution in [-0.4, -0.2) is 30.1 Å². The molecular weight excluding hydrogens is 238 g/mol. The molecule has 100 valence electrons.